The van der Waals surface area contributed by atoms with Gasteiger partial charge in [0.1, 0.15) is 0 Å². The van der Waals surface area contributed by atoms with Crippen molar-refractivity contribution in [3.63, 3.8) is 0 Å². The molecule has 0 aromatic carbocycles. The summed E-state index contributed by atoms with van der Waals surface area (Å²) in [6, 6.07) is 0.810. The molecule has 0 radical (unpaired) electrons. The Hall–Kier alpha value is -0.480. The van der Waals surface area contributed by atoms with Crippen molar-refractivity contribution in [3.8, 4) is 6.07 Å². The summed E-state index contributed by atoms with van der Waals surface area (Å²) in [5, 5.41) is 7.93. The predicted molar refractivity (Wildman–Crippen MR) is 34.8 cm³/mol. The summed E-state index contributed by atoms with van der Waals surface area (Å²) in [6.45, 7) is 0. The quantitative estimate of drug-likeness (QED) is 0.660. The van der Waals surface area contributed by atoms with Crippen LogP contribution in [0.2, 0.25) is 0 Å². The highest BCUT2D eigenvalue weighted by molar-refractivity contribution is 8.13. The van der Waals surface area contributed by atoms with Crippen LogP contribution < -0.4 is 0 Å². The van der Waals surface area contributed by atoms with Crippen molar-refractivity contribution in [3.05, 3.63) is 0 Å². The molecule has 0 fully saturated rings. The Labute approximate surface area is 71.2 Å². The monoisotopic (exact) mass is 221 g/mol. The molecule has 0 bridgehead atoms. The molecule has 0 rings (SSSR count). The van der Waals surface area contributed by atoms with Gasteiger partial charge >= 0.3 is 6.18 Å². The van der Waals surface area contributed by atoms with Crippen LogP contribution in [-0.4, -0.2) is 20.3 Å². The van der Waals surface area contributed by atoms with Crippen molar-refractivity contribution >= 4 is 19.7 Å². The minimum Gasteiger partial charge on any atom is -0.212 e. The maximum absolute atomic E-state index is 11.7. The fourth-order valence-electron chi connectivity index (χ4n) is 0.404. The van der Waals surface area contributed by atoms with Gasteiger partial charge in [0.15, 0.2) is 5.92 Å². The highest BCUT2D eigenvalue weighted by Gasteiger charge is 2.42. The summed E-state index contributed by atoms with van der Waals surface area (Å²) < 4.78 is 55.4. The molecule has 0 aliphatic heterocycles. The first-order valence-electron chi connectivity index (χ1n) is 2.55. The Kier molecular flexibility index (Phi) is 3.35. The number of halogens is 4. The third-order valence-corrected chi connectivity index (χ3v) is 2.03. The molecule has 0 saturated carbocycles. The second-order valence-electron chi connectivity index (χ2n) is 1.93. The molecule has 70 valence electrons. The van der Waals surface area contributed by atoms with Crippen LogP contribution >= 0.6 is 10.7 Å². The molecule has 0 amide bonds. The Morgan fingerprint density at radius 1 is 1.50 bits per heavy atom. The smallest absolute Gasteiger partial charge is 0.212 e. The summed E-state index contributed by atoms with van der Waals surface area (Å²) in [5.41, 5.74) is 0. The van der Waals surface area contributed by atoms with Gasteiger partial charge in [0, 0.05) is 10.7 Å². The third kappa shape index (κ3) is 4.41. The largest absolute Gasteiger partial charge is 0.405 e. The zero-order valence-electron chi connectivity index (χ0n) is 5.47. The van der Waals surface area contributed by atoms with E-state index in [2.05, 4.69) is 10.7 Å². The summed E-state index contributed by atoms with van der Waals surface area (Å²) in [6.07, 6.45) is -4.85. The number of nitrogens with zero attached hydrogens (tertiary/aromatic N) is 1. The highest BCUT2D eigenvalue weighted by atomic mass is 35.7. The van der Waals surface area contributed by atoms with Crippen molar-refractivity contribution in [1.29, 1.82) is 5.26 Å². The van der Waals surface area contributed by atoms with Crippen molar-refractivity contribution in [2.24, 2.45) is 5.92 Å². The molecule has 1 atom stereocenters. The van der Waals surface area contributed by atoms with Crippen molar-refractivity contribution in [1.82, 2.24) is 0 Å². The van der Waals surface area contributed by atoms with Gasteiger partial charge in [-0.1, -0.05) is 0 Å². The van der Waals surface area contributed by atoms with Crippen LogP contribution in [0, 0.1) is 17.2 Å². The number of hydrogen-bond acceptors (Lipinski definition) is 3. The van der Waals surface area contributed by atoms with Gasteiger partial charge in [0.25, 0.3) is 0 Å². The maximum Gasteiger partial charge on any atom is 0.405 e. The second-order valence-corrected chi connectivity index (χ2v) is 4.75. The molecule has 1 unspecified atom stereocenters. The summed E-state index contributed by atoms with van der Waals surface area (Å²) in [7, 11) is 0.245. The molecule has 0 aliphatic carbocycles. The lowest BCUT2D eigenvalue weighted by Crippen LogP contribution is -2.27. The van der Waals surface area contributed by atoms with Gasteiger partial charge in [0.2, 0.25) is 9.05 Å². The zero-order chi connectivity index (χ0) is 9.99. The fraction of sp³-hybridized carbons (Fsp3) is 0.750. The van der Waals surface area contributed by atoms with E-state index in [1.165, 1.54) is 0 Å². The summed E-state index contributed by atoms with van der Waals surface area (Å²) in [4.78, 5) is 0. The topological polar surface area (TPSA) is 57.9 Å². The molecule has 0 spiro atoms. The van der Waals surface area contributed by atoms with Crippen LogP contribution in [0.3, 0.4) is 0 Å². The molecule has 0 saturated heterocycles. The third-order valence-electron chi connectivity index (χ3n) is 0.917. The van der Waals surface area contributed by atoms with E-state index in [4.69, 9.17) is 5.26 Å². The minimum absolute atomic E-state index is 0.810. The lowest BCUT2D eigenvalue weighted by Gasteiger charge is -2.10. The molecular formula is C4H3ClF3NO2S. The second kappa shape index (κ2) is 3.49. The summed E-state index contributed by atoms with van der Waals surface area (Å²) in [5.74, 6) is -3.96. The van der Waals surface area contributed by atoms with E-state index in [0.29, 0.717) is 0 Å². The van der Waals surface area contributed by atoms with Gasteiger partial charge in [0.05, 0.1) is 11.8 Å². The lowest BCUT2D eigenvalue weighted by molar-refractivity contribution is -0.153. The molecule has 3 nitrogen and oxygen atoms in total. The van der Waals surface area contributed by atoms with E-state index in [1.807, 2.05) is 0 Å². The van der Waals surface area contributed by atoms with E-state index >= 15 is 0 Å². The number of rotatable bonds is 2. The van der Waals surface area contributed by atoms with E-state index in [1.54, 1.807) is 0 Å². The first kappa shape index (κ1) is 11.5. The van der Waals surface area contributed by atoms with E-state index in [0.717, 1.165) is 6.07 Å². The zero-order valence-corrected chi connectivity index (χ0v) is 7.04. The molecule has 0 aromatic rings. The van der Waals surface area contributed by atoms with E-state index in [9.17, 15) is 21.6 Å². The van der Waals surface area contributed by atoms with Gasteiger partial charge < -0.3 is 0 Å². The summed E-state index contributed by atoms with van der Waals surface area (Å²) >= 11 is 0. The Bertz CT molecular complexity index is 290. The van der Waals surface area contributed by atoms with Crippen LogP contribution in [0.25, 0.3) is 0 Å². The lowest BCUT2D eigenvalue weighted by atomic mass is 10.2. The number of alkyl halides is 3. The van der Waals surface area contributed by atoms with Crippen LogP contribution in [0.5, 0.6) is 0 Å². The minimum atomic E-state index is -4.85. The van der Waals surface area contributed by atoms with Crippen LogP contribution in [-0.2, 0) is 9.05 Å². The predicted octanol–water partition coefficient (Wildman–Crippen LogP) is 1.26. The standard InChI is InChI=1S/C4H3ClF3NO2S/c5-12(10,11)2-3(1-9)4(6,7)8/h3H,2H2. The van der Waals surface area contributed by atoms with Crippen molar-refractivity contribution in [2.75, 3.05) is 5.75 Å². The number of nitriles is 1. The van der Waals surface area contributed by atoms with Gasteiger partial charge in [-0.05, 0) is 0 Å². The van der Waals surface area contributed by atoms with Gasteiger partial charge in [-0.15, -0.1) is 0 Å². The normalized spacial score (nSPS) is 15.2. The fourth-order valence-corrected chi connectivity index (χ4v) is 1.44. The van der Waals surface area contributed by atoms with E-state index < -0.39 is 26.9 Å². The molecule has 0 aliphatic rings. The molecule has 0 heterocycles. The Balaban J connectivity index is 4.55. The Morgan fingerprint density at radius 2 is 1.92 bits per heavy atom. The van der Waals surface area contributed by atoms with Crippen LogP contribution in [0.1, 0.15) is 0 Å². The average molecular weight is 222 g/mol. The van der Waals surface area contributed by atoms with E-state index in [-0.39, 0.29) is 0 Å². The molecule has 8 heteroatoms. The average Bonchev–Trinajstić information content (AvgIpc) is 1.78. The molecule has 0 aromatic heterocycles. The Morgan fingerprint density at radius 3 is 2.00 bits per heavy atom. The van der Waals surface area contributed by atoms with Gasteiger partial charge in [-0.3, -0.25) is 0 Å². The SMILES string of the molecule is N#CC(CS(=O)(=O)Cl)C(F)(F)F. The first-order valence-corrected chi connectivity index (χ1v) is 5.03. The first-order chi connectivity index (χ1) is 5.17. The van der Waals surface area contributed by atoms with Gasteiger partial charge in [-0.25, -0.2) is 8.42 Å². The van der Waals surface area contributed by atoms with Crippen molar-refractivity contribution in [2.45, 2.75) is 6.18 Å². The van der Waals surface area contributed by atoms with Crippen molar-refractivity contribution < 1.29 is 21.6 Å². The molecule has 12 heavy (non-hydrogen) atoms. The van der Waals surface area contributed by atoms with Crippen LogP contribution in [0.4, 0.5) is 13.2 Å². The van der Waals surface area contributed by atoms with Crippen LogP contribution in [0.15, 0.2) is 0 Å². The maximum atomic E-state index is 11.7. The molecule has 0 N–H and O–H groups in total. The van der Waals surface area contributed by atoms with Gasteiger partial charge in [-0.2, -0.15) is 18.4 Å². The number of hydrogen-bond donors (Lipinski definition) is 0. The highest BCUT2D eigenvalue weighted by Crippen LogP contribution is 2.27. The molecular weight excluding hydrogens is 219 g/mol.